The van der Waals surface area contributed by atoms with Crippen molar-refractivity contribution in [3.05, 3.63) is 0 Å². The highest BCUT2D eigenvalue weighted by atomic mass is 16.5. The van der Waals surface area contributed by atoms with E-state index >= 15 is 0 Å². The lowest BCUT2D eigenvalue weighted by molar-refractivity contribution is 0.0131. The van der Waals surface area contributed by atoms with Gasteiger partial charge in [-0.05, 0) is 37.5 Å². The molecule has 0 aromatic heterocycles. The van der Waals surface area contributed by atoms with Crippen LogP contribution in [0.25, 0.3) is 0 Å². The molecule has 2 saturated heterocycles. The summed E-state index contributed by atoms with van der Waals surface area (Å²) >= 11 is 0. The van der Waals surface area contributed by atoms with E-state index in [2.05, 4.69) is 0 Å². The molecule has 2 atom stereocenters. The lowest BCUT2D eigenvalue weighted by atomic mass is 9.84. The van der Waals surface area contributed by atoms with Crippen molar-refractivity contribution in [1.29, 1.82) is 0 Å². The molecule has 2 heterocycles. The summed E-state index contributed by atoms with van der Waals surface area (Å²) in [7, 11) is 0. The second kappa shape index (κ2) is 5.10. The second-order valence-corrected chi connectivity index (χ2v) is 4.58. The molecule has 2 N–H and O–H groups in total. The second-order valence-electron chi connectivity index (χ2n) is 4.58. The van der Waals surface area contributed by atoms with E-state index in [0.29, 0.717) is 12.0 Å². The van der Waals surface area contributed by atoms with Crippen LogP contribution in [0.2, 0.25) is 0 Å². The topological polar surface area (TPSA) is 44.5 Å². The van der Waals surface area contributed by atoms with Gasteiger partial charge in [0, 0.05) is 25.9 Å². The number of hydrogen-bond donors (Lipinski definition) is 1. The average Bonchev–Trinajstić information content (AvgIpc) is 2.23. The van der Waals surface area contributed by atoms with Gasteiger partial charge < -0.3 is 15.2 Å². The molecule has 0 saturated carbocycles. The molecule has 3 nitrogen and oxygen atoms in total. The van der Waals surface area contributed by atoms with Crippen LogP contribution < -0.4 is 5.73 Å². The highest BCUT2D eigenvalue weighted by molar-refractivity contribution is 4.79. The van der Waals surface area contributed by atoms with Gasteiger partial charge in [0.05, 0.1) is 6.61 Å². The third-order valence-corrected chi connectivity index (χ3v) is 3.51. The SMILES string of the molecule is NC1CCOCC1CC1CCOCC1. The van der Waals surface area contributed by atoms with Crippen LogP contribution in [0.3, 0.4) is 0 Å². The number of rotatable bonds is 2. The maximum absolute atomic E-state index is 6.08. The molecule has 14 heavy (non-hydrogen) atoms. The van der Waals surface area contributed by atoms with Crippen LogP contribution in [0.5, 0.6) is 0 Å². The third kappa shape index (κ3) is 2.69. The van der Waals surface area contributed by atoms with E-state index in [-0.39, 0.29) is 0 Å². The highest BCUT2D eigenvalue weighted by Crippen LogP contribution is 2.26. The first kappa shape index (κ1) is 10.4. The zero-order valence-electron chi connectivity index (χ0n) is 8.78. The molecular formula is C11H21NO2. The minimum atomic E-state index is 0.367. The summed E-state index contributed by atoms with van der Waals surface area (Å²) in [6.45, 7) is 3.60. The van der Waals surface area contributed by atoms with E-state index in [9.17, 15) is 0 Å². The van der Waals surface area contributed by atoms with Crippen LogP contribution in [0.4, 0.5) is 0 Å². The first-order valence-corrected chi connectivity index (χ1v) is 5.77. The van der Waals surface area contributed by atoms with Gasteiger partial charge in [0.1, 0.15) is 0 Å². The number of nitrogens with two attached hydrogens (primary N) is 1. The number of ether oxygens (including phenoxy) is 2. The van der Waals surface area contributed by atoms with Crippen molar-refractivity contribution in [1.82, 2.24) is 0 Å². The summed E-state index contributed by atoms with van der Waals surface area (Å²) in [5, 5.41) is 0. The summed E-state index contributed by atoms with van der Waals surface area (Å²) in [5.41, 5.74) is 6.08. The monoisotopic (exact) mass is 199 g/mol. The van der Waals surface area contributed by atoms with E-state index in [0.717, 1.165) is 38.8 Å². The zero-order valence-corrected chi connectivity index (χ0v) is 8.78. The largest absolute Gasteiger partial charge is 0.381 e. The van der Waals surface area contributed by atoms with Gasteiger partial charge in [-0.3, -0.25) is 0 Å². The fraction of sp³-hybridized carbons (Fsp3) is 1.00. The molecule has 2 aliphatic heterocycles. The molecule has 2 unspecified atom stereocenters. The fourth-order valence-electron chi connectivity index (χ4n) is 2.47. The van der Waals surface area contributed by atoms with Crippen LogP contribution in [0, 0.1) is 11.8 Å². The molecule has 2 fully saturated rings. The lowest BCUT2D eigenvalue weighted by Crippen LogP contribution is -2.40. The van der Waals surface area contributed by atoms with E-state index in [1.807, 2.05) is 0 Å². The minimum absolute atomic E-state index is 0.367. The maximum atomic E-state index is 6.08. The minimum Gasteiger partial charge on any atom is -0.381 e. The molecule has 2 rings (SSSR count). The van der Waals surface area contributed by atoms with Gasteiger partial charge >= 0.3 is 0 Å². The summed E-state index contributed by atoms with van der Waals surface area (Å²) in [5.74, 6) is 1.41. The van der Waals surface area contributed by atoms with Crippen molar-refractivity contribution in [2.75, 3.05) is 26.4 Å². The third-order valence-electron chi connectivity index (χ3n) is 3.51. The molecule has 0 aromatic rings. The Balaban J connectivity index is 1.76. The van der Waals surface area contributed by atoms with E-state index in [1.165, 1.54) is 19.3 Å². The Kier molecular flexibility index (Phi) is 3.79. The van der Waals surface area contributed by atoms with Gasteiger partial charge in [0.15, 0.2) is 0 Å². The first-order valence-electron chi connectivity index (χ1n) is 5.77. The Bertz CT molecular complexity index is 169. The van der Waals surface area contributed by atoms with Gasteiger partial charge in [0.25, 0.3) is 0 Å². The average molecular weight is 199 g/mol. The summed E-state index contributed by atoms with van der Waals surface area (Å²) in [6.07, 6.45) is 4.70. The molecule has 3 heteroatoms. The van der Waals surface area contributed by atoms with Gasteiger partial charge in [-0.15, -0.1) is 0 Å². The van der Waals surface area contributed by atoms with Crippen LogP contribution >= 0.6 is 0 Å². The normalized spacial score (nSPS) is 35.8. The van der Waals surface area contributed by atoms with Gasteiger partial charge in [0.2, 0.25) is 0 Å². The standard InChI is InChI=1S/C11H21NO2/c12-11-3-6-14-8-10(11)7-9-1-4-13-5-2-9/h9-11H,1-8,12H2. The summed E-state index contributed by atoms with van der Waals surface area (Å²) < 4.78 is 10.8. The fourth-order valence-corrected chi connectivity index (χ4v) is 2.47. The lowest BCUT2D eigenvalue weighted by Gasteiger charge is -2.32. The molecule has 82 valence electrons. The smallest absolute Gasteiger partial charge is 0.0509 e. The number of hydrogen-bond acceptors (Lipinski definition) is 3. The maximum Gasteiger partial charge on any atom is 0.0509 e. The van der Waals surface area contributed by atoms with Crippen molar-refractivity contribution in [2.24, 2.45) is 17.6 Å². The Labute approximate surface area is 85.9 Å². The Morgan fingerprint density at radius 3 is 2.43 bits per heavy atom. The molecule has 0 radical (unpaired) electrons. The van der Waals surface area contributed by atoms with E-state index in [4.69, 9.17) is 15.2 Å². The van der Waals surface area contributed by atoms with Crippen LogP contribution in [-0.2, 0) is 9.47 Å². The van der Waals surface area contributed by atoms with Crippen molar-refractivity contribution in [3.8, 4) is 0 Å². The van der Waals surface area contributed by atoms with Crippen molar-refractivity contribution >= 4 is 0 Å². The molecule has 0 spiro atoms. The predicted octanol–water partition coefficient (Wildman–Crippen LogP) is 1.17. The Hall–Kier alpha value is -0.120. The van der Waals surface area contributed by atoms with E-state index in [1.54, 1.807) is 0 Å². The highest BCUT2D eigenvalue weighted by Gasteiger charge is 2.26. The summed E-state index contributed by atoms with van der Waals surface area (Å²) in [6, 6.07) is 0.367. The first-order chi connectivity index (χ1) is 6.86. The predicted molar refractivity (Wildman–Crippen MR) is 55.1 cm³/mol. The van der Waals surface area contributed by atoms with Crippen LogP contribution in [0.15, 0.2) is 0 Å². The Morgan fingerprint density at radius 1 is 1.00 bits per heavy atom. The molecule has 0 bridgehead atoms. The zero-order chi connectivity index (χ0) is 9.80. The van der Waals surface area contributed by atoms with Gasteiger partial charge in [-0.1, -0.05) is 0 Å². The molecule has 0 aromatic carbocycles. The van der Waals surface area contributed by atoms with Gasteiger partial charge in [-0.2, -0.15) is 0 Å². The quantitative estimate of drug-likeness (QED) is 0.726. The van der Waals surface area contributed by atoms with Crippen molar-refractivity contribution in [3.63, 3.8) is 0 Å². The molecule has 0 aliphatic carbocycles. The summed E-state index contributed by atoms with van der Waals surface area (Å²) in [4.78, 5) is 0. The van der Waals surface area contributed by atoms with Gasteiger partial charge in [-0.25, -0.2) is 0 Å². The van der Waals surface area contributed by atoms with Crippen LogP contribution in [-0.4, -0.2) is 32.5 Å². The Morgan fingerprint density at radius 2 is 1.71 bits per heavy atom. The van der Waals surface area contributed by atoms with Crippen molar-refractivity contribution < 1.29 is 9.47 Å². The molecule has 0 amide bonds. The molecular weight excluding hydrogens is 178 g/mol. The van der Waals surface area contributed by atoms with E-state index < -0.39 is 0 Å². The van der Waals surface area contributed by atoms with Crippen molar-refractivity contribution in [2.45, 2.75) is 31.7 Å². The van der Waals surface area contributed by atoms with Crippen LogP contribution in [0.1, 0.15) is 25.7 Å². The molecule has 2 aliphatic rings.